The van der Waals surface area contributed by atoms with Crippen molar-refractivity contribution in [2.75, 3.05) is 13.7 Å². The fraction of sp³-hybridized carbons (Fsp3) is 0.200. The molecule has 0 saturated carbocycles. The number of nitrogens with zero attached hydrogens (tertiary/aromatic N) is 1. The van der Waals surface area contributed by atoms with Crippen LogP contribution in [0.2, 0.25) is 0 Å². The van der Waals surface area contributed by atoms with Gasteiger partial charge in [0.1, 0.15) is 0 Å². The van der Waals surface area contributed by atoms with E-state index in [-0.39, 0.29) is 5.91 Å². The van der Waals surface area contributed by atoms with E-state index in [1.54, 1.807) is 19.5 Å². The molecule has 1 heterocycles. The number of ether oxygens (including phenoxy) is 2. The smallest absolute Gasteiger partial charge is 0.273 e. The molecule has 0 aliphatic rings. The normalized spacial score (nSPS) is 11.0. The topological polar surface area (TPSA) is 75.7 Å². The van der Waals surface area contributed by atoms with Gasteiger partial charge in [0, 0.05) is 17.1 Å². The minimum absolute atomic E-state index is 0.270. The van der Waals surface area contributed by atoms with Crippen LogP contribution < -0.4 is 14.9 Å². The standard InChI is InChI=1S/C20H21N3O3/c1-3-10-26-18-9-8-14(11-19(18)25-2)12-22-23-20(24)16-13-21-17-7-5-4-6-15(16)17/h4-9,11-13,21H,3,10H2,1-2H3,(H,23,24)/b22-12+. The highest BCUT2D eigenvalue weighted by Gasteiger charge is 2.10. The lowest BCUT2D eigenvalue weighted by Crippen LogP contribution is -2.17. The molecule has 0 saturated heterocycles. The van der Waals surface area contributed by atoms with Gasteiger partial charge in [0.15, 0.2) is 11.5 Å². The second-order valence-electron chi connectivity index (χ2n) is 5.71. The molecule has 0 spiro atoms. The van der Waals surface area contributed by atoms with E-state index in [0.29, 0.717) is 23.7 Å². The molecule has 3 aromatic rings. The lowest BCUT2D eigenvalue weighted by molar-refractivity contribution is 0.0957. The average molecular weight is 351 g/mol. The molecule has 6 heteroatoms. The molecule has 1 amide bonds. The molecule has 0 unspecified atom stereocenters. The third kappa shape index (κ3) is 3.85. The molecule has 26 heavy (non-hydrogen) atoms. The van der Waals surface area contributed by atoms with Crippen LogP contribution in [0, 0.1) is 0 Å². The first-order chi connectivity index (χ1) is 12.7. The summed E-state index contributed by atoms with van der Waals surface area (Å²) >= 11 is 0. The number of hydrazone groups is 1. The minimum Gasteiger partial charge on any atom is -0.493 e. The Bertz CT molecular complexity index is 931. The zero-order chi connectivity index (χ0) is 18.4. The van der Waals surface area contributed by atoms with Gasteiger partial charge in [0.25, 0.3) is 5.91 Å². The number of aromatic nitrogens is 1. The summed E-state index contributed by atoms with van der Waals surface area (Å²) in [4.78, 5) is 15.4. The van der Waals surface area contributed by atoms with Crippen molar-refractivity contribution in [3.63, 3.8) is 0 Å². The largest absolute Gasteiger partial charge is 0.493 e. The maximum Gasteiger partial charge on any atom is 0.273 e. The Hall–Kier alpha value is -3.28. The number of H-pyrrole nitrogens is 1. The predicted molar refractivity (Wildman–Crippen MR) is 102 cm³/mol. The predicted octanol–water partition coefficient (Wildman–Crippen LogP) is 3.73. The van der Waals surface area contributed by atoms with Gasteiger partial charge in [-0.25, -0.2) is 5.43 Å². The zero-order valence-corrected chi connectivity index (χ0v) is 14.8. The fourth-order valence-electron chi connectivity index (χ4n) is 2.58. The SMILES string of the molecule is CCCOc1ccc(/C=N/NC(=O)c2c[nH]c3ccccc23)cc1OC. The Kier molecular flexibility index (Phi) is 5.53. The van der Waals surface area contributed by atoms with Crippen LogP contribution in [0.1, 0.15) is 29.3 Å². The Morgan fingerprint density at radius 2 is 2.08 bits per heavy atom. The number of para-hydroxylation sites is 1. The van der Waals surface area contributed by atoms with Crippen LogP contribution in [-0.4, -0.2) is 30.8 Å². The van der Waals surface area contributed by atoms with Crippen molar-refractivity contribution in [2.45, 2.75) is 13.3 Å². The van der Waals surface area contributed by atoms with Gasteiger partial charge in [-0.2, -0.15) is 5.10 Å². The molecule has 0 fully saturated rings. The number of hydrogen-bond acceptors (Lipinski definition) is 4. The lowest BCUT2D eigenvalue weighted by Gasteiger charge is -2.10. The summed E-state index contributed by atoms with van der Waals surface area (Å²) in [5.41, 5.74) is 4.81. The summed E-state index contributed by atoms with van der Waals surface area (Å²) in [6, 6.07) is 13.1. The Labute approximate surface area is 151 Å². The van der Waals surface area contributed by atoms with Gasteiger partial charge < -0.3 is 14.5 Å². The number of hydrogen-bond donors (Lipinski definition) is 2. The highest BCUT2D eigenvalue weighted by Crippen LogP contribution is 2.27. The van der Waals surface area contributed by atoms with Gasteiger partial charge in [-0.15, -0.1) is 0 Å². The molecular formula is C20H21N3O3. The van der Waals surface area contributed by atoms with Crippen molar-refractivity contribution in [1.29, 1.82) is 0 Å². The van der Waals surface area contributed by atoms with Gasteiger partial charge in [-0.3, -0.25) is 4.79 Å². The number of aromatic amines is 1. The Morgan fingerprint density at radius 1 is 1.23 bits per heavy atom. The monoisotopic (exact) mass is 351 g/mol. The third-order valence-corrected chi connectivity index (χ3v) is 3.86. The molecule has 2 N–H and O–H groups in total. The van der Waals surface area contributed by atoms with Gasteiger partial charge in [-0.05, 0) is 36.2 Å². The first-order valence-corrected chi connectivity index (χ1v) is 8.43. The number of fused-ring (bicyclic) bond motifs is 1. The highest BCUT2D eigenvalue weighted by atomic mass is 16.5. The highest BCUT2D eigenvalue weighted by molar-refractivity contribution is 6.06. The fourth-order valence-corrected chi connectivity index (χ4v) is 2.58. The van der Waals surface area contributed by atoms with E-state index < -0.39 is 0 Å². The molecule has 0 atom stereocenters. The molecule has 0 aliphatic heterocycles. The van der Waals surface area contributed by atoms with E-state index in [1.165, 1.54) is 0 Å². The molecule has 6 nitrogen and oxygen atoms in total. The molecule has 0 radical (unpaired) electrons. The summed E-state index contributed by atoms with van der Waals surface area (Å²) < 4.78 is 11.0. The first kappa shape index (κ1) is 17.5. The number of benzene rings is 2. The molecule has 134 valence electrons. The number of carbonyl (C=O) groups excluding carboxylic acids is 1. The van der Waals surface area contributed by atoms with Crippen molar-refractivity contribution in [2.24, 2.45) is 5.10 Å². The van der Waals surface area contributed by atoms with Gasteiger partial charge >= 0.3 is 0 Å². The molecule has 2 aromatic carbocycles. The number of carbonyl (C=O) groups is 1. The van der Waals surface area contributed by atoms with Gasteiger partial charge in [-0.1, -0.05) is 25.1 Å². The number of methoxy groups -OCH3 is 1. The second kappa shape index (κ2) is 8.20. The van der Waals surface area contributed by atoms with Crippen molar-refractivity contribution >= 4 is 23.0 Å². The van der Waals surface area contributed by atoms with Crippen LogP contribution in [0.5, 0.6) is 11.5 Å². The Morgan fingerprint density at radius 3 is 2.88 bits per heavy atom. The average Bonchev–Trinajstić information content (AvgIpc) is 3.11. The first-order valence-electron chi connectivity index (χ1n) is 8.43. The number of rotatable bonds is 7. The molecular weight excluding hydrogens is 330 g/mol. The van der Waals surface area contributed by atoms with Gasteiger partial charge in [0.2, 0.25) is 0 Å². The number of nitrogens with one attached hydrogen (secondary N) is 2. The van der Waals surface area contributed by atoms with E-state index in [1.807, 2.05) is 49.4 Å². The lowest BCUT2D eigenvalue weighted by atomic mass is 10.2. The van der Waals surface area contributed by atoms with E-state index in [4.69, 9.17) is 9.47 Å². The molecule has 0 bridgehead atoms. The van der Waals surface area contributed by atoms with Crippen molar-refractivity contribution < 1.29 is 14.3 Å². The summed E-state index contributed by atoms with van der Waals surface area (Å²) in [5.74, 6) is 1.05. The third-order valence-electron chi connectivity index (χ3n) is 3.86. The van der Waals surface area contributed by atoms with Crippen LogP contribution in [-0.2, 0) is 0 Å². The van der Waals surface area contributed by atoms with Gasteiger partial charge in [0.05, 0.1) is 25.5 Å². The number of amides is 1. The minimum atomic E-state index is -0.270. The van der Waals surface area contributed by atoms with Crippen LogP contribution in [0.25, 0.3) is 10.9 Å². The Balaban J connectivity index is 1.69. The van der Waals surface area contributed by atoms with Crippen LogP contribution in [0.3, 0.4) is 0 Å². The second-order valence-corrected chi connectivity index (χ2v) is 5.71. The van der Waals surface area contributed by atoms with E-state index >= 15 is 0 Å². The molecule has 0 aliphatic carbocycles. The maximum atomic E-state index is 12.3. The van der Waals surface area contributed by atoms with E-state index in [9.17, 15) is 4.79 Å². The quantitative estimate of drug-likeness (QED) is 0.503. The summed E-state index contributed by atoms with van der Waals surface area (Å²) in [6.07, 6.45) is 4.17. The van der Waals surface area contributed by atoms with Crippen LogP contribution >= 0.6 is 0 Å². The van der Waals surface area contributed by atoms with Crippen molar-refractivity contribution in [3.8, 4) is 11.5 Å². The molecule has 3 rings (SSSR count). The van der Waals surface area contributed by atoms with Crippen molar-refractivity contribution in [3.05, 3.63) is 59.8 Å². The zero-order valence-electron chi connectivity index (χ0n) is 14.8. The van der Waals surface area contributed by atoms with Crippen molar-refractivity contribution in [1.82, 2.24) is 10.4 Å². The maximum absolute atomic E-state index is 12.3. The summed E-state index contributed by atoms with van der Waals surface area (Å²) in [6.45, 7) is 2.67. The summed E-state index contributed by atoms with van der Waals surface area (Å²) in [7, 11) is 1.59. The molecule has 1 aromatic heterocycles. The van der Waals surface area contributed by atoms with E-state index in [2.05, 4.69) is 15.5 Å². The summed E-state index contributed by atoms with van der Waals surface area (Å²) in [5, 5.41) is 4.90. The van der Waals surface area contributed by atoms with E-state index in [0.717, 1.165) is 22.9 Å². The van der Waals surface area contributed by atoms with Crippen LogP contribution in [0.15, 0.2) is 53.8 Å². The van der Waals surface area contributed by atoms with Crippen LogP contribution in [0.4, 0.5) is 0 Å².